The normalized spacial score (nSPS) is 19.6. The SMILES string of the molecule is NC(=O)Cc1cc2c(cn1)c(C1CC1)nn2-c1nccc(C2CCOC2)n1. The van der Waals surface area contributed by atoms with E-state index in [9.17, 15) is 4.79 Å². The van der Waals surface area contributed by atoms with Crippen LogP contribution in [0.3, 0.4) is 0 Å². The van der Waals surface area contributed by atoms with Crippen LogP contribution in [0.2, 0.25) is 0 Å². The zero-order valence-electron chi connectivity index (χ0n) is 14.8. The van der Waals surface area contributed by atoms with E-state index in [0.717, 1.165) is 48.2 Å². The highest BCUT2D eigenvalue weighted by Gasteiger charge is 2.30. The molecular formula is C19H20N6O2. The largest absolute Gasteiger partial charge is 0.381 e. The number of carbonyl (C=O) groups excluding carboxylic acids is 1. The lowest BCUT2D eigenvalue weighted by molar-refractivity contribution is -0.117. The van der Waals surface area contributed by atoms with E-state index in [1.165, 1.54) is 0 Å². The molecule has 1 saturated carbocycles. The molecule has 2 fully saturated rings. The molecule has 0 radical (unpaired) electrons. The Kier molecular flexibility index (Phi) is 3.86. The van der Waals surface area contributed by atoms with E-state index < -0.39 is 5.91 Å². The van der Waals surface area contributed by atoms with Crippen molar-refractivity contribution < 1.29 is 9.53 Å². The van der Waals surface area contributed by atoms with E-state index in [2.05, 4.69) is 9.97 Å². The van der Waals surface area contributed by atoms with Gasteiger partial charge in [-0.25, -0.2) is 9.97 Å². The van der Waals surface area contributed by atoms with E-state index in [0.29, 0.717) is 30.1 Å². The van der Waals surface area contributed by atoms with Crippen LogP contribution in [0.1, 0.15) is 48.2 Å². The summed E-state index contributed by atoms with van der Waals surface area (Å²) >= 11 is 0. The fraction of sp³-hybridized carbons (Fsp3) is 0.421. The lowest BCUT2D eigenvalue weighted by Gasteiger charge is -2.09. The molecule has 4 heterocycles. The molecule has 2 N–H and O–H groups in total. The van der Waals surface area contributed by atoms with Gasteiger partial charge in [-0.15, -0.1) is 0 Å². The number of carbonyl (C=O) groups is 1. The van der Waals surface area contributed by atoms with Gasteiger partial charge in [-0.05, 0) is 31.4 Å². The first-order valence-electron chi connectivity index (χ1n) is 9.26. The minimum absolute atomic E-state index is 0.0974. The quantitative estimate of drug-likeness (QED) is 0.737. The third-order valence-electron chi connectivity index (χ3n) is 5.17. The van der Waals surface area contributed by atoms with Crippen LogP contribution in [0.15, 0.2) is 24.5 Å². The first-order valence-corrected chi connectivity index (χ1v) is 9.26. The van der Waals surface area contributed by atoms with Crippen molar-refractivity contribution in [3.63, 3.8) is 0 Å². The molecule has 0 aromatic carbocycles. The second kappa shape index (κ2) is 6.38. The molecule has 5 rings (SSSR count). The van der Waals surface area contributed by atoms with E-state index in [1.54, 1.807) is 17.1 Å². The summed E-state index contributed by atoms with van der Waals surface area (Å²) in [6.45, 7) is 1.46. The lowest BCUT2D eigenvalue weighted by atomic mass is 10.1. The molecule has 1 aliphatic carbocycles. The highest BCUT2D eigenvalue weighted by molar-refractivity contribution is 5.85. The second-order valence-corrected chi connectivity index (χ2v) is 7.25. The number of primary amides is 1. The molecule has 27 heavy (non-hydrogen) atoms. The van der Waals surface area contributed by atoms with Crippen molar-refractivity contribution in [1.82, 2.24) is 24.7 Å². The van der Waals surface area contributed by atoms with Crippen LogP contribution in [-0.2, 0) is 16.0 Å². The van der Waals surface area contributed by atoms with Crippen molar-refractivity contribution in [2.24, 2.45) is 5.73 Å². The molecule has 0 spiro atoms. The topological polar surface area (TPSA) is 109 Å². The fourth-order valence-electron chi connectivity index (χ4n) is 3.62. The van der Waals surface area contributed by atoms with E-state index in [4.69, 9.17) is 20.6 Å². The minimum Gasteiger partial charge on any atom is -0.381 e. The highest BCUT2D eigenvalue weighted by atomic mass is 16.5. The van der Waals surface area contributed by atoms with Gasteiger partial charge in [0.25, 0.3) is 5.95 Å². The number of fused-ring (bicyclic) bond motifs is 1. The lowest BCUT2D eigenvalue weighted by Crippen LogP contribution is -2.14. The maximum absolute atomic E-state index is 11.3. The number of rotatable bonds is 5. The van der Waals surface area contributed by atoms with Crippen molar-refractivity contribution in [2.75, 3.05) is 13.2 Å². The first-order chi connectivity index (χ1) is 13.2. The molecule has 2 aliphatic rings. The Morgan fingerprint density at radius 1 is 1.26 bits per heavy atom. The summed E-state index contributed by atoms with van der Waals surface area (Å²) in [6, 6.07) is 3.81. The van der Waals surface area contributed by atoms with Crippen LogP contribution >= 0.6 is 0 Å². The Morgan fingerprint density at radius 2 is 2.15 bits per heavy atom. The van der Waals surface area contributed by atoms with Gasteiger partial charge < -0.3 is 10.5 Å². The van der Waals surface area contributed by atoms with Gasteiger partial charge in [0.15, 0.2) is 0 Å². The molecule has 3 aromatic rings. The number of nitrogens with two attached hydrogens (primary N) is 1. The molecule has 1 aliphatic heterocycles. The summed E-state index contributed by atoms with van der Waals surface area (Å²) in [6.07, 6.45) is 6.90. The smallest absolute Gasteiger partial charge is 0.251 e. The minimum atomic E-state index is -0.408. The van der Waals surface area contributed by atoms with Gasteiger partial charge in [0.1, 0.15) is 0 Å². The first kappa shape index (κ1) is 16.3. The Labute approximate surface area is 155 Å². The molecule has 1 saturated heterocycles. The summed E-state index contributed by atoms with van der Waals surface area (Å²) in [7, 11) is 0. The Morgan fingerprint density at radius 3 is 2.89 bits per heavy atom. The average Bonchev–Trinajstić information content (AvgIpc) is 3.22. The maximum atomic E-state index is 11.3. The van der Waals surface area contributed by atoms with Gasteiger partial charge in [0.05, 0.1) is 35.6 Å². The van der Waals surface area contributed by atoms with Crippen LogP contribution in [0, 0.1) is 0 Å². The zero-order chi connectivity index (χ0) is 18.4. The number of nitrogens with zero attached hydrogens (tertiary/aromatic N) is 5. The van der Waals surface area contributed by atoms with Crippen molar-refractivity contribution in [3.8, 4) is 5.95 Å². The summed E-state index contributed by atoms with van der Waals surface area (Å²) in [5.41, 5.74) is 8.82. The molecule has 8 heteroatoms. The molecule has 3 aromatic heterocycles. The average molecular weight is 364 g/mol. The third-order valence-corrected chi connectivity index (χ3v) is 5.17. The van der Waals surface area contributed by atoms with E-state index >= 15 is 0 Å². The predicted octanol–water partition coefficient (Wildman–Crippen LogP) is 1.62. The molecule has 1 unspecified atom stereocenters. The third kappa shape index (κ3) is 3.06. The summed E-state index contributed by atoms with van der Waals surface area (Å²) in [5, 5.41) is 5.80. The number of ether oxygens (including phenoxy) is 1. The van der Waals surface area contributed by atoms with Crippen molar-refractivity contribution in [2.45, 2.75) is 37.5 Å². The van der Waals surface area contributed by atoms with E-state index in [1.807, 2.05) is 12.1 Å². The number of pyridine rings is 1. The van der Waals surface area contributed by atoms with Crippen LogP contribution in [-0.4, -0.2) is 43.9 Å². The number of amides is 1. The molecular weight excluding hydrogens is 344 g/mol. The van der Waals surface area contributed by atoms with Crippen molar-refractivity contribution in [1.29, 1.82) is 0 Å². The van der Waals surface area contributed by atoms with Gasteiger partial charge in [0.2, 0.25) is 5.91 Å². The molecule has 1 atom stereocenters. The predicted molar refractivity (Wildman–Crippen MR) is 97.5 cm³/mol. The second-order valence-electron chi connectivity index (χ2n) is 7.25. The Balaban J connectivity index is 1.63. The molecule has 138 valence electrons. The molecule has 1 amide bonds. The van der Waals surface area contributed by atoms with Gasteiger partial charge >= 0.3 is 0 Å². The van der Waals surface area contributed by atoms with Gasteiger partial charge in [-0.1, -0.05) is 0 Å². The summed E-state index contributed by atoms with van der Waals surface area (Å²) < 4.78 is 7.26. The maximum Gasteiger partial charge on any atom is 0.251 e. The van der Waals surface area contributed by atoms with Gasteiger partial charge in [-0.3, -0.25) is 9.78 Å². The van der Waals surface area contributed by atoms with Gasteiger partial charge in [0, 0.05) is 36.2 Å². The van der Waals surface area contributed by atoms with Crippen molar-refractivity contribution >= 4 is 16.8 Å². The zero-order valence-corrected chi connectivity index (χ0v) is 14.8. The standard InChI is InChI=1S/C19H20N6O2/c20-17(26)8-13-7-16-14(9-22-13)18(11-1-2-11)24-25(16)19-21-5-3-15(23-19)12-4-6-27-10-12/h3,5,7,9,11-12H,1-2,4,6,8,10H2,(H2,20,26). The fourth-order valence-corrected chi connectivity index (χ4v) is 3.62. The Hall–Kier alpha value is -2.87. The highest BCUT2D eigenvalue weighted by Crippen LogP contribution is 2.42. The van der Waals surface area contributed by atoms with Crippen LogP contribution in [0.4, 0.5) is 0 Å². The number of hydrogen-bond donors (Lipinski definition) is 1. The number of hydrogen-bond acceptors (Lipinski definition) is 6. The summed E-state index contributed by atoms with van der Waals surface area (Å²) in [4.78, 5) is 24.9. The molecule has 0 bridgehead atoms. The molecule has 8 nitrogen and oxygen atoms in total. The van der Waals surface area contributed by atoms with E-state index in [-0.39, 0.29) is 6.42 Å². The van der Waals surface area contributed by atoms with Crippen molar-refractivity contribution in [3.05, 3.63) is 41.6 Å². The Bertz CT molecular complexity index is 1020. The van der Waals surface area contributed by atoms with Crippen LogP contribution in [0.5, 0.6) is 0 Å². The number of aromatic nitrogens is 5. The van der Waals surface area contributed by atoms with Gasteiger partial charge in [-0.2, -0.15) is 9.78 Å². The monoisotopic (exact) mass is 364 g/mol. The van der Waals surface area contributed by atoms with Crippen LogP contribution in [0.25, 0.3) is 16.9 Å². The summed E-state index contributed by atoms with van der Waals surface area (Å²) in [5.74, 6) is 0.884. The van der Waals surface area contributed by atoms with Crippen LogP contribution < -0.4 is 5.73 Å².